The number of hydrogen-bond acceptors (Lipinski definition) is 5. The number of amides is 1. The summed E-state index contributed by atoms with van der Waals surface area (Å²) in [5.74, 6) is 0.159. The van der Waals surface area contributed by atoms with Gasteiger partial charge < -0.3 is 25.0 Å². The van der Waals surface area contributed by atoms with Gasteiger partial charge in [0.1, 0.15) is 17.7 Å². The molecule has 2 N–H and O–H groups in total. The second-order valence-corrected chi connectivity index (χ2v) is 8.42. The van der Waals surface area contributed by atoms with E-state index in [1.165, 1.54) is 0 Å². The van der Waals surface area contributed by atoms with E-state index >= 15 is 0 Å². The summed E-state index contributed by atoms with van der Waals surface area (Å²) >= 11 is 0. The molecule has 0 bridgehead atoms. The van der Waals surface area contributed by atoms with Crippen LogP contribution in [-0.4, -0.2) is 66.8 Å². The maximum Gasteiger partial charge on any atom is 0.410 e. The summed E-state index contributed by atoms with van der Waals surface area (Å²) in [6.45, 7) is 12.3. The van der Waals surface area contributed by atoms with Crippen molar-refractivity contribution in [2.24, 2.45) is 4.99 Å². The van der Waals surface area contributed by atoms with Crippen molar-refractivity contribution in [3.05, 3.63) is 0 Å². The van der Waals surface area contributed by atoms with Crippen LogP contribution in [0.2, 0.25) is 0 Å². The molecule has 1 rings (SSSR count). The lowest BCUT2D eigenvalue weighted by molar-refractivity contribution is -0.153. The van der Waals surface area contributed by atoms with E-state index in [1.54, 1.807) is 11.9 Å². The molecule has 0 aromatic rings. The first-order valence-corrected chi connectivity index (χ1v) is 9.06. The summed E-state index contributed by atoms with van der Waals surface area (Å²) in [5, 5.41) is 6.20. The van der Waals surface area contributed by atoms with Gasteiger partial charge in [-0.25, -0.2) is 4.79 Å². The molecule has 0 spiro atoms. The van der Waals surface area contributed by atoms with Gasteiger partial charge in [-0.3, -0.25) is 9.79 Å². The lowest BCUT2D eigenvalue weighted by Gasteiger charge is -2.35. The Labute approximate surface area is 156 Å². The van der Waals surface area contributed by atoms with Gasteiger partial charge in [0.15, 0.2) is 5.96 Å². The van der Waals surface area contributed by atoms with Gasteiger partial charge in [0, 0.05) is 26.2 Å². The minimum Gasteiger partial charge on any atom is -0.459 e. The van der Waals surface area contributed by atoms with Crippen LogP contribution in [-0.2, 0) is 14.3 Å². The number of likely N-dealkylation sites (tertiary alicyclic amines) is 1. The van der Waals surface area contributed by atoms with Crippen molar-refractivity contribution in [3.8, 4) is 0 Å². The number of esters is 1. The van der Waals surface area contributed by atoms with Gasteiger partial charge in [-0.1, -0.05) is 0 Å². The average molecular weight is 370 g/mol. The fourth-order valence-electron chi connectivity index (χ4n) is 2.51. The molecule has 0 aliphatic carbocycles. The zero-order valence-electron chi connectivity index (χ0n) is 17.1. The average Bonchev–Trinajstić information content (AvgIpc) is 2.48. The number of rotatable bonds is 3. The Balaban J connectivity index is 2.50. The van der Waals surface area contributed by atoms with Crippen LogP contribution in [0.4, 0.5) is 4.79 Å². The van der Waals surface area contributed by atoms with Crippen LogP contribution < -0.4 is 10.6 Å². The van der Waals surface area contributed by atoms with Crippen LogP contribution >= 0.6 is 0 Å². The molecule has 8 heteroatoms. The Kier molecular flexibility index (Phi) is 7.71. The highest BCUT2D eigenvalue weighted by Crippen LogP contribution is 2.15. The van der Waals surface area contributed by atoms with Gasteiger partial charge in [0.25, 0.3) is 0 Å². The molecule has 1 fully saturated rings. The first-order valence-electron chi connectivity index (χ1n) is 9.06. The van der Waals surface area contributed by atoms with E-state index < -0.39 is 11.2 Å². The predicted molar refractivity (Wildman–Crippen MR) is 101 cm³/mol. The van der Waals surface area contributed by atoms with E-state index in [1.807, 2.05) is 41.5 Å². The minimum absolute atomic E-state index is 0.0272. The van der Waals surface area contributed by atoms with Crippen molar-refractivity contribution in [1.82, 2.24) is 15.5 Å². The van der Waals surface area contributed by atoms with E-state index in [-0.39, 0.29) is 24.6 Å². The highest BCUT2D eigenvalue weighted by atomic mass is 16.6. The number of nitrogens with zero attached hydrogens (tertiary/aromatic N) is 2. The van der Waals surface area contributed by atoms with Crippen molar-refractivity contribution < 1.29 is 19.1 Å². The zero-order valence-corrected chi connectivity index (χ0v) is 17.1. The molecule has 1 heterocycles. The zero-order chi connectivity index (χ0) is 20.0. The summed E-state index contributed by atoms with van der Waals surface area (Å²) in [6, 6.07) is 0.0427. The molecule has 0 aromatic heterocycles. The number of nitrogens with one attached hydrogen (secondary N) is 2. The lowest BCUT2D eigenvalue weighted by Crippen LogP contribution is -2.53. The third kappa shape index (κ3) is 8.92. The molecule has 1 aliphatic rings. The lowest BCUT2D eigenvalue weighted by atomic mass is 10.1. The van der Waals surface area contributed by atoms with Crippen molar-refractivity contribution in [3.63, 3.8) is 0 Å². The van der Waals surface area contributed by atoms with E-state index in [2.05, 4.69) is 15.6 Å². The molecule has 26 heavy (non-hydrogen) atoms. The first kappa shape index (κ1) is 22.1. The van der Waals surface area contributed by atoms with Crippen molar-refractivity contribution in [2.75, 3.05) is 26.7 Å². The molecular weight excluding hydrogens is 336 g/mol. The monoisotopic (exact) mass is 370 g/mol. The molecule has 1 unspecified atom stereocenters. The maximum absolute atomic E-state index is 12.2. The molecule has 0 saturated carbocycles. The van der Waals surface area contributed by atoms with Crippen LogP contribution in [0.3, 0.4) is 0 Å². The number of carbonyl (C=O) groups is 2. The molecule has 150 valence electrons. The van der Waals surface area contributed by atoms with Gasteiger partial charge >= 0.3 is 12.1 Å². The Morgan fingerprint density at radius 3 is 2.27 bits per heavy atom. The number of ether oxygens (including phenoxy) is 2. The van der Waals surface area contributed by atoms with E-state index in [0.29, 0.717) is 19.0 Å². The molecule has 1 atom stereocenters. The van der Waals surface area contributed by atoms with Crippen LogP contribution in [0.15, 0.2) is 4.99 Å². The minimum atomic E-state index is -0.521. The van der Waals surface area contributed by atoms with E-state index in [4.69, 9.17) is 9.47 Å². The van der Waals surface area contributed by atoms with Crippen LogP contribution in [0, 0.1) is 0 Å². The van der Waals surface area contributed by atoms with Gasteiger partial charge in [0.05, 0.1) is 0 Å². The normalized spacial score (nSPS) is 19.0. The second kappa shape index (κ2) is 9.09. The summed E-state index contributed by atoms with van der Waals surface area (Å²) in [4.78, 5) is 29.9. The van der Waals surface area contributed by atoms with Gasteiger partial charge in [-0.15, -0.1) is 0 Å². The molecule has 1 saturated heterocycles. The van der Waals surface area contributed by atoms with Gasteiger partial charge in [0.2, 0.25) is 0 Å². The van der Waals surface area contributed by atoms with Crippen molar-refractivity contribution in [1.29, 1.82) is 0 Å². The fourth-order valence-corrected chi connectivity index (χ4v) is 2.51. The summed E-state index contributed by atoms with van der Waals surface area (Å²) in [6.07, 6.45) is 1.48. The third-order valence-corrected chi connectivity index (χ3v) is 3.46. The Bertz CT molecular complexity index is 520. The summed E-state index contributed by atoms with van der Waals surface area (Å²) in [7, 11) is 1.64. The van der Waals surface area contributed by atoms with Crippen molar-refractivity contribution in [2.45, 2.75) is 71.6 Å². The third-order valence-electron chi connectivity index (χ3n) is 3.46. The Hall–Kier alpha value is -1.99. The summed E-state index contributed by atoms with van der Waals surface area (Å²) in [5.41, 5.74) is -1.03. The number of piperidine rings is 1. The number of carbonyl (C=O) groups excluding carboxylic acids is 2. The molecule has 0 aromatic carbocycles. The van der Waals surface area contributed by atoms with Gasteiger partial charge in [-0.2, -0.15) is 0 Å². The SMILES string of the molecule is CN=C(NCC(=O)OC(C)(C)C)NC1CCCN(C(=O)OC(C)(C)C)C1. The molecule has 1 amide bonds. The predicted octanol–water partition coefficient (Wildman–Crippen LogP) is 1.89. The van der Waals surface area contributed by atoms with Crippen LogP contribution in [0.1, 0.15) is 54.4 Å². The smallest absolute Gasteiger partial charge is 0.410 e. The van der Waals surface area contributed by atoms with Crippen LogP contribution in [0.5, 0.6) is 0 Å². The fraction of sp³-hybridized carbons (Fsp3) is 0.833. The Morgan fingerprint density at radius 2 is 1.73 bits per heavy atom. The van der Waals surface area contributed by atoms with Crippen molar-refractivity contribution >= 4 is 18.0 Å². The number of guanidine groups is 1. The standard InChI is InChI=1S/C18H34N4O4/c1-17(2,3)25-14(23)11-20-15(19-7)21-13-9-8-10-22(12-13)16(24)26-18(4,5)6/h13H,8-12H2,1-7H3,(H2,19,20,21). The molecule has 1 aliphatic heterocycles. The van der Waals surface area contributed by atoms with E-state index in [9.17, 15) is 9.59 Å². The second-order valence-electron chi connectivity index (χ2n) is 8.42. The van der Waals surface area contributed by atoms with Crippen LogP contribution in [0.25, 0.3) is 0 Å². The maximum atomic E-state index is 12.2. The first-order chi connectivity index (χ1) is 11.9. The topological polar surface area (TPSA) is 92.3 Å². The van der Waals surface area contributed by atoms with Gasteiger partial charge in [-0.05, 0) is 54.4 Å². The molecular formula is C18H34N4O4. The highest BCUT2D eigenvalue weighted by molar-refractivity contribution is 5.84. The number of aliphatic imine (C=N–C) groups is 1. The largest absolute Gasteiger partial charge is 0.459 e. The quantitative estimate of drug-likeness (QED) is 0.448. The highest BCUT2D eigenvalue weighted by Gasteiger charge is 2.28. The Morgan fingerprint density at radius 1 is 1.12 bits per heavy atom. The van der Waals surface area contributed by atoms with E-state index in [0.717, 1.165) is 12.8 Å². The molecule has 8 nitrogen and oxygen atoms in total. The number of hydrogen-bond donors (Lipinski definition) is 2. The summed E-state index contributed by atoms with van der Waals surface area (Å²) < 4.78 is 10.7. The molecule has 0 radical (unpaired) electrons.